The minimum atomic E-state index is 0.0223. The number of benzene rings is 2. The number of H-pyrrole nitrogens is 1. The number of aromatic nitrogens is 4. The van der Waals surface area contributed by atoms with E-state index in [0.717, 1.165) is 42.4 Å². The smallest absolute Gasteiger partial charge is 0.181 e. The van der Waals surface area contributed by atoms with Crippen molar-refractivity contribution in [2.45, 2.75) is 39.5 Å². The molecule has 0 unspecified atom stereocenters. The molecule has 0 radical (unpaired) electrons. The third kappa shape index (κ3) is 3.66. The Morgan fingerprint density at radius 1 is 1.07 bits per heavy atom. The second-order valence-corrected chi connectivity index (χ2v) is 7.33. The first kappa shape index (κ1) is 18.9. The Hall–Kier alpha value is -3.41. The molecule has 0 aliphatic rings. The first-order chi connectivity index (χ1) is 14.1. The Balaban J connectivity index is 1.93. The molecule has 6 heteroatoms. The summed E-state index contributed by atoms with van der Waals surface area (Å²) in [7, 11) is 0. The topological polar surface area (TPSA) is 94.9 Å². The number of phenolic OH excluding ortho intramolecular Hbond substituents is 2. The molecule has 0 spiro atoms. The van der Waals surface area contributed by atoms with Gasteiger partial charge in [0.2, 0.25) is 0 Å². The summed E-state index contributed by atoms with van der Waals surface area (Å²) in [4.78, 5) is 16.0. The molecule has 0 amide bonds. The highest BCUT2D eigenvalue weighted by Crippen LogP contribution is 2.46. The molecule has 0 fully saturated rings. The molecule has 3 N–H and O–H groups in total. The van der Waals surface area contributed by atoms with Crippen LogP contribution in [0.3, 0.4) is 0 Å². The number of nitrogens with zero attached hydrogens (tertiary/aromatic N) is 3. The Labute approximate surface area is 169 Å². The number of aryl methyl sites for hydroxylation is 2. The van der Waals surface area contributed by atoms with E-state index in [0.29, 0.717) is 28.1 Å². The van der Waals surface area contributed by atoms with Gasteiger partial charge in [-0.05, 0) is 37.0 Å². The molecule has 2 aromatic carbocycles. The Morgan fingerprint density at radius 3 is 2.69 bits per heavy atom. The highest BCUT2D eigenvalue weighted by molar-refractivity contribution is 5.88. The Bertz CT molecular complexity index is 1130. The van der Waals surface area contributed by atoms with Gasteiger partial charge in [0.15, 0.2) is 5.65 Å². The van der Waals surface area contributed by atoms with Crippen molar-refractivity contribution in [2.75, 3.05) is 0 Å². The van der Waals surface area contributed by atoms with Gasteiger partial charge in [-0.3, -0.25) is 0 Å². The zero-order valence-electron chi connectivity index (χ0n) is 16.6. The second-order valence-electron chi connectivity index (χ2n) is 7.33. The third-order valence-electron chi connectivity index (χ3n) is 5.12. The molecule has 0 bridgehead atoms. The lowest BCUT2D eigenvalue weighted by Crippen LogP contribution is -1.96. The number of aromatic hydroxyl groups is 2. The van der Waals surface area contributed by atoms with Crippen LogP contribution < -0.4 is 0 Å². The normalized spacial score (nSPS) is 11.2. The number of phenols is 2. The van der Waals surface area contributed by atoms with E-state index in [9.17, 15) is 10.2 Å². The van der Waals surface area contributed by atoms with E-state index >= 15 is 0 Å². The van der Waals surface area contributed by atoms with E-state index in [1.165, 1.54) is 6.33 Å². The van der Waals surface area contributed by atoms with Crippen molar-refractivity contribution in [1.29, 1.82) is 0 Å². The van der Waals surface area contributed by atoms with Crippen LogP contribution in [0.15, 0.2) is 42.9 Å². The molecule has 0 aliphatic carbocycles. The standard InChI is InChI=1S/C23H24N4O2/c1-3-4-5-8-16-11-18(28)19(15-9-6-7-14(2)10-15)21(29)20(16)23-26-17-12-24-13-25-22(17)27-23/h6-7,9-13,28-29H,3-5,8H2,1-2H3,(H,24,25,26,27). The highest BCUT2D eigenvalue weighted by Gasteiger charge is 2.22. The predicted molar refractivity (Wildman–Crippen MR) is 114 cm³/mol. The zero-order valence-corrected chi connectivity index (χ0v) is 16.6. The maximum Gasteiger partial charge on any atom is 0.181 e. The van der Waals surface area contributed by atoms with Crippen molar-refractivity contribution in [3.8, 4) is 34.0 Å². The van der Waals surface area contributed by atoms with E-state index in [1.54, 1.807) is 12.3 Å². The van der Waals surface area contributed by atoms with E-state index in [-0.39, 0.29) is 11.5 Å². The lowest BCUT2D eigenvalue weighted by Gasteiger charge is -2.16. The fraction of sp³-hybridized carbons (Fsp3) is 0.261. The van der Waals surface area contributed by atoms with Crippen molar-refractivity contribution in [2.24, 2.45) is 0 Å². The summed E-state index contributed by atoms with van der Waals surface area (Å²) >= 11 is 0. The molecule has 4 rings (SSSR count). The Morgan fingerprint density at radius 2 is 1.93 bits per heavy atom. The summed E-state index contributed by atoms with van der Waals surface area (Å²) < 4.78 is 0. The van der Waals surface area contributed by atoms with Crippen LogP contribution in [0, 0.1) is 6.92 Å². The first-order valence-corrected chi connectivity index (χ1v) is 9.89. The van der Waals surface area contributed by atoms with Crippen LogP contribution in [0.4, 0.5) is 0 Å². The molecule has 0 saturated carbocycles. The second kappa shape index (κ2) is 7.91. The number of aromatic amines is 1. The van der Waals surface area contributed by atoms with Gasteiger partial charge in [0.1, 0.15) is 29.2 Å². The van der Waals surface area contributed by atoms with Crippen LogP contribution in [0.25, 0.3) is 33.7 Å². The van der Waals surface area contributed by atoms with E-state index in [1.807, 2.05) is 31.2 Å². The largest absolute Gasteiger partial charge is 0.507 e. The zero-order chi connectivity index (χ0) is 20.4. The quantitative estimate of drug-likeness (QED) is 0.398. The van der Waals surface area contributed by atoms with Crippen molar-refractivity contribution in [3.63, 3.8) is 0 Å². The minimum Gasteiger partial charge on any atom is -0.507 e. The lowest BCUT2D eigenvalue weighted by atomic mass is 9.92. The van der Waals surface area contributed by atoms with Gasteiger partial charge in [-0.25, -0.2) is 15.0 Å². The maximum absolute atomic E-state index is 11.3. The van der Waals surface area contributed by atoms with Crippen molar-refractivity contribution >= 4 is 11.2 Å². The molecular formula is C23H24N4O2. The number of fused-ring (bicyclic) bond motifs is 1. The molecule has 0 aliphatic heterocycles. The molecule has 148 valence electrons. The van der Waals surface area contributed by atoms with Crippen LogP contribution in [-0.4, -0.2) is 30.1 Å². The highest BCUT2D eigenvalue weighted by atomic mass is 16.3. The van der Waals surface area contributed by atoms with Crippen LogP contribution in [0.1, 0.15) is 37.3 Å². The van der Waals surface area contributed by atoms with Gasteiger partial charge >= 0.3 is 0 Å². The Kier molecular flexibility index (Phi) is 5.16. The SMILES string of the molecule is CCCCCc1cc(O)c(-c2cccc(C)c2)c(O)c1-c1nc2ncncc2[nH]1. The average molecular weight is 388 g/mol. The van der Waals surface area contributed by atoms with Gasteiger partial charge in [-0.2, -0.15) is 0 Å². The van der Waals surface area contributed by atoms with Crippen molar-refractivity contribution in [3.05, 3.63) is 54.0 Å². The van der Waals surface area contributed by atoms with Gasteiger partial charge in [0.25, 0.3) is 0 Å². The van der Waals surface area contributed by atoms with E-state index in [2.05, 4.69) is 26.9 Å². The van der Waals surface area contributed by atoms with Gasteiger partial charge in [0, 0.05) is 0 Å². The first-order valence-electron chi connectivity index (χ1n) is 9.89. The molecule has 29 heavy (non-hydrogen) atoms. The van der Waals surface area contributed by atoms with Gasteiger partial charge in [-0.15, -0.1) is 0 Å². The molecular weight excluding hydrogens is 364 g/mol. The van der Waals surface area contributed by atoms with Crippen LogP contribution in [0.5, 0.6) is 11.5 Å². The number of unbranched alkanes of at least 4 members (excludes halogenated alkanes) is 2. The van der Waals surface area contributed by atoms with Crippen molar-refractivity contribution < 1.29 is 10.2 Å². The number of rotatable bonds is 6. The summed E-state index contributed by atoms with van der Waals surface area (Å²) in [5.74, 6) is 0.617. The summed E-state index contributed by atoms with van der Waals surface area (Å²) in [6.45, 7) is 4.13. The number of nitrogens with one attached hydrogen (secondary N) is 1. The summed E-state index contributed by atoms with van der Waals surface area (Å²) in [5.41, 5.74) is 4.93. The number of imidazole rings is 1. The molecule has 6 nitrogen and oxygen atoms in total. The van der Waals surface area contributed by atoms with E-state index < -0.39 is 0 Å². The fourth-order valence-corrected chi connectivity index (χ4v) is 3.70. The molecule has 2 heterocycles. The number of hydrogen-bond donors (Lipinski definition) is 3. The maximum atomic E-state index is 11.3. The van der Waals surface area contributed by atoms with Gasteiger partial charge < -0.3 is 15.2 Å². The van der Waals surface area contributed by atoms with E-state index in [4.69, 9.17) is 0 Å². The van der Waals surface area contributed by atoms with Gasteiger partial charge in [-0.1, -0.05) is 49.6 Å². The lowest BCUT2D eigenvalue weighted by molar-refractivity contribution is 0.454. The predicted octanol–water partition coefficient (Wildman–Crippen LogP) is 5.14. The molecule has 0 atom stereocenters. The summed E-state index contributed by atoms with van der Waals surface area (Å²) in [6, 6.07) is 9.47. The molecule has 4 aromatic rings. The molecule has 0 saturated heterocycles. The minimum absolute atomic E-state index is 0.0223. The monoisotopic (exact) mass is 388 g/mol. The summed E-state index contributed by atoms with van der Waals surface area (Å²) in [5, 5.41) is 22.0. The number of hydrogen-bond acceptors (Lipinski definition) is 5. The van der Waals surface area contributed by atoms with Crippen LogP contribution in [-0.2, 0) is 6.42 Å². The summed E-state index contributed by atoms with van der Waals surface area (Å²) in [6.07, 6.45) is 6.98. The fourth-order valence-electron chi connectivity index (χ4n) is 3.70. The van der Waals surface area contributed by atoms with Gasteiger partial charge in [0.05, 0.1) is 17.3 Å². The third-order valence-corrected chi connectivity index (χ3v) is 5.12. The van der Waals surface area contributed by atoms with Crippen molar-refractivity contribution in [1.82, 2.24) is 19.9 Å². The van der Waals surface area contributed by atoms with Crippen LogP contribution in [0.2, 0.25) is 0 Å². The van der Waals surface area contributed by atoms with Crippen LogP contribution >= 0.6 is 0 Å². The molecule has 2 aromatic heterocycles. The average Bonchev–Trinajstić information content (AvgIpc) is 3.11.